The van der Waals surface area contributed by atoms with E-state index in [-0.39, 0.29) is 0 Å². The molecule has 0 saturated carbocycles. The minimum Gasteiger partial charge on any atom is -0.301 e. The zero-order chi connectivity index (χ0) is 9.40. The van der Waals surface area contributed by atoms with Crippen LogP contribution in [0, 0.1) is 11.3 Å². The van der Waals surface area contributed by atoms with E-state index in [0.717, 1.165) is 0 Å². The second-order valence-corrected chi connectivity index (χ2v) is 2.41. The molecular formula is C7H11N5. The van der Waals surface area contributed by atoms with Gasteiger partial charge in [0, 0.05) is 30.1 Å². The summed E-state index contributed by atoms with van der Waals surface area (Å²) in [5.41, 5.74) is 8.49. The third kappa shape index (κ3) is 5.30. The fourth-order valence-electron chi connectivity index (χ4n) is 0.700. The van der Waals surface area contributed by atoms with Gasteiger partial charge in [-0.15, -0.1) is 0 Å². The Morgan fingerprint density at radius 2 is 2.50 bits per heavy atom. The van der Waals surface area contributed by atoms with Crippen molar-refractivity contribution in [2.75, 3.05) is 26.7 Å². The number of hydrogen-bond acceptors (Lipinski definition) is 3. The summed E-state index contributed by atoms with van der Waals surface area (Å²) in [7, 11) is 1.84. The highest BCUT2D eigenvalue weighted by atomic mass is 15.2. The molecule has 0 radical (unpaired) electrons. The first-order valence-electron chi connectivity index (χ1n) is 3.48. The van der Waals surface area contributed by atoms with Gasteiger partial charge in [-0.2, -0.15) is 5.26 Å². The van der Waals surface area contributed by atoms with Gasteiger partial charge < -0.3 is 4.90 Å². The lowest BCUT2D eigenvalue weighted by Gasteiger charge is -2.12. The van der Waals surface area contributed by atoms with E-state index >= 15 is 0 Å². The number of azide groups is 1. The Morgan fingerprint density at radius 1 is 1.83 bits per heavy atom. The molecule has 12 heavy (non-hydrogen) atoms. The zero-order valence-electron chi connectivity index (χ0n) is 7.06. The lowest BCUT2D eigenvalue weighted by molar-refractivity contribution is 0.376. The highest BCUT2D eigenvalue weighted by Crippen LogP contribution is 1.91. The fraction of sp³-hybridized carbons (Fsp3) is 0.571. The largest absolute Gasteiger partial charge is 0.301 e. The minimum absolute atomic E-state index is 0.422. The van der Waals surface area contributed by atoms with Crippen LogP contribution in [-0.4, -0.2) is 31.6 Å². The molecule has 0 atom stereocenters. The molecular weight excluding hydrogens is 154 g/mol. The third-order valence-corrected chi connectivity index (χ3v) is 1.26. The van der Waals surface area contributed by atoms with Crippen LogP contribution in [0.2, 0.25) is 0 Å². The topological polar surface area (TPSA) is 75.8 Å². The molecule has 5 nitrogen and oxygen atoms in total. The molecule has 0 heterocycles. The fourth-order valence-corrected chi connectivity index (χ4v) is 0.700. The smallest absolute Gasteiger partial charge is 0.0954 e. The van der Waals surface area contributed by atoms with Crippen molar-refractivity contribution in [2.45, 2.75) is 0 Å². The van der Waals surface area contributed by atoms with Crippen LogP contribution in [0.1, 0.15) is 0 Å². The van der Waals surface area contributed by atoms with Gasteiger partial charge in [-0.05, 0) is 12.6 Å². The number of hydrogen-bond donors (Lipinski definition) is 0. The summed E-state index contributed by atoms with van der Waals surface area (Å²) in [5.74, 6) is 0. The van der Waals surface area contributed by atoms with Gasteiger partial charge in [-0.1, -0.05) is 11.7 Å². The van der Waals surface area contributed by atoms with Crippen molar-refractivity contribution in [2.24, 2.45) is 5.11 Å². The van der Waals surface area contributed by atoms with Crippen molar-refractivity contribution >= 4 is 0 Å². The first kappa shape index (κ1) is 10.5. The highest BCUT2D eigenvalue weighted by molar-refractivity contribution is 5.17. The molecule has 0 fully saturated rings. The maximum atomic E-state index is 8.40. The number of nitriles is 1. The van der Waals surface area contributed by atoms with E-state index in [1.165, 1.54) is 0 Å². The van der Waals surface area contributed by atoms with Crippen LogP contribution >= 0.6 is 0 Å². The predicted molar refractivity (Wildman–Crippen MR) is 46.3 cm³/mol. The van der Waals surface area contributed by atoms with E-state index in [4.69, 9.17) is 10.8 Å². The Labute approximate surface area is 71.5 Å². The highest BCUT2D eigenvalue weighted by Gasteiger charge is 1.98. The van der Waals surface area contributed by atoms with Crippen LogP contribution < -0.4 is 0 Å². The van der Waals surface area contributed by atoms with Crippen molar-refractivity contribution in [1.82, 2.24) is 4.90 Å². The lowest BCUT2D eigenvalue weighted by Crippen LogP contribution is -2.23. The average Bonchev–Trinajstić information content (AvgIpc) is 2.05. The van der Waals surface area contributed by atoms with Gasteiger partial charge >= 0.3 is 0 Å². The van der Waals surface area contributed by atoms with E-state index in [2.05, 4.69) is 16.6 Å². The van der Waals surface area contributed by atoms with Crippen molar-refractivity contribution in [3.8, 4) is 6.07 Å². The van der Waals surface area contributed by atoms with E-state index in [1.54, 1.807) is 0 Å². The Balaban J connectivity index is 3.60. The Hall–Kier alpha value is -1.50. The SMILES string of the molecule is C=C(C#N)CN(C)CCN=[N+]=[N-]. The quantitative estimate of drug-likeness (QED) is 0.266. The molecule has 5 heteroatoms. The third-order valence-electron chi connectivity index (χ3n) is 1.26. The van der Waals surface area contributed by atoms with Crippen molar-refractivity contribution < 1.29 is 0 Å². The van der Waals surface area contributed by atoms with Gasteiger partial charge in [0.2, 0.25) is 0 Å². The molecule has 0 aromatic heterocycles. The molecule has 0 unspecified atom stereocenters. The first-order chi connectivity index (χ1) is 5.70. The Kier molecular flexibility index (Phi) is 5.45. The summed E-state index contributed by atoms with van der Waals surface area (Å²) in [6.45, 7) is 5.13. The molecule has 0 spiro atoms. The minimum atomic E-state index is 0.422. The van der Waals surface area contributed by atoms with Gasteiger partial charge in [0.25, 0.3) is 0 Å². The van der Waals surface area contributed by atoms with Crippen LogP contribution in [0.25, 0.3) is 10.4 Å². The molecule has 0 aliphatic rings. The second kappa shape index (κ2) is 6.23. The summed E-state index contributed by atoms with van der Waals surface area (Å²) in [6, 6.07) is 1.95. The molecule has 0 N–H and O–H groups in total. The van der Waals surface area contributed by atoms with Crippen LogP contribution in [-0.2, 0) is 0 Å². The van der Waals surface area contributed by atoms with Crippen LogP contribution in [0.15, 0.2) is 17.3 Å². The van der Waals surface area contributed by atoms with Gasteiger partial charge in [0.05, 0.1) is 6.07 Å². The lowest BCUT2D eigenvalue weighted by atomic mass is 10.3. The molecule has 0 bridgehead atoms. The Morgan fingerprint density at radius 3 is 3.00 bits per heavy atom. The van der Waals surface area contributed by atoms with Crippen LogP contribution in [0.5, 0.6) is 0 Å². The summed E-state index contributed by atoms with van der Waals surface area (Å²) in [5, 5.41) is 11.8. The molecule has 0 aromatic carbocycles. The van der Waals surface area contributed by atoms with Crippen LogP contribution in [0.3, 0.4) is 0 Å². The van der Waals surface area contributed by atoms with E-state index in [0.29, 0.717) is 25.2 Å². The zero-order valence-corrected chi connectivity index (χ0v) is 7.06. The average molecular weight is 165 g/mol. The van der Waals surface area contributed by atoms with Crippen LogP contribution in [0.4, 0.5) is 0 Å². The Bertz CT molecular complexity index is 233. The van der Waals surface area contributed by atoms with E-state index in [9.17, 15) is 0 Å². The summed E-state index contributed by atoms with van der Waals surface area (Å²) >= 11 is 0. The molecule has 0 amide bonds. The molecule has 0 saturated heterocycles. The standard InChI is InChI=1S/C7H11N5/c1-7(5-8)6-12(2)4-3-10-11-9/h1,3-4,6H2,2H3. The molecule has 0 aliphatic carbocycles. The maximum absolute atomic E-state index is 8.40. The summed E-state index contributed by atoms with van der Waals surface area (Å²) < 4.78 is 0. The predicted octanol–water partition coefficient (Wildman–Crippen LogP) is 1.31. The first-order valence-corrected chi connectivity index (χ1v) is 3.48. The van der Waals surface area contributed by atoms with Gasteiger partial charge in [-0.3, -0.25) is 0 Å². The molecule has 64 valence electrons. The summed E-state index contributed by atoms with van der Waals surface area (Å²) in [4.78, 5) is 4.49. The molecule has 0 aromatic rings. The number of nitrogens with zero attached hydrogens (tertiary/aromatic N) is 5. The number of rotatable bonds is 5. The normalized spacial score (nSPS) is 8.75. The summed E-state index contributed by atoms with van der Waals surface area (Å²) in [6.07, 6.45) is 0. The van der Waals surface area contributed by atoms with Gasteiger partial charge in [0.1, 0.15) is 0 Å². The molecule has 0 rings (SSSR count). The van der Waals surface area contributed by atoms with Gasteiger partial charge in [-0.25, -0.2) is 0 Å². The van der Waals surface area contributed by atoms with Crippen molar-refractivity contribution in [3.63, 3.8) is 0 Å². The van der Waals surface area contributed by atoms with E-state index < -0.39 is 0 Å². The van der Waals surface area contributed by atoms with Gasteiger partial charge in [0.15, 0.2) is 0 Å². The number of likely N-dealkylation sites (N-methyl/N-ethyl adjacent to an activating group) is 1. The van der Waals surface area contributed by atoms with E-state index in [1.807, 2.05) is 18.0 Å². The monoisotopic (exact) mass is 165 g/mol. The second-order valence-electron chi connectivity index (χ2n) is 2.41. The van der Waals surface area contributed by atoms with Crippen molar-refractivity contribution in [3.05, 3.63) is 22.6 Å². The molecule has 0 aliphatic heterocycles. The maximum Gasteiger partial charge on any atom is 0.0954 e. The van der Waals surface area contributed by atoms with Crippen molar-refractivity contribution in [1.29, 1.82) is 5.26 Å².